The Labute approximate surface area is 173 Å². The number of allylic oxidation sites excluding steroid dienone is 1. The zero-order valence-corrected chi connectivity index (χ0v) is 17.6. The normalized spacial score (nSPS) is 16.8. The van der Waals surface area contributed by atoms with Crippen LogP contribution in [0.4, 0.5) is 5.69 Å². The molecule has 0 radical (unpaired) electrons. The number of benzene rings is 1. The highest BCUT2D eigenvalue weighted by atomic mass is 32.1. The van der Waals surface area contributed by atoms with Crippen molar-refractivity contribution in [3.63, 3.8) is 0 Å². The van der Waals surface area contributed by atoms with Gasteiger partial charge < -0.3 is 19.5 Å². The summed E-state index contributed by atoms with van der Waals surface area (Å²) in [6.07, 6.45) is 0. The van der Waals surface area contributed by atoms with Crippen LogP contribution in [0.2, 0.25) is 0 Å². The number of anilines is 1. The molecule has 0 saturated heterocycles. The fourth-order valence-electron chi connectivity index (χ4n) is 3.01. The van der Waals surface area contributed by atoms with E-state index in [1.807, 2.05) is 53.6 Å². The first-order chi connectivity index (χ1) is 13.6. The Morgan fingerprint density at radius 1 is 1.21 bits per heavy atom. The third-order valence-corrected chi connectivity index (χ3v) is 5.62. The van der Waals surface area contributed by atoms with E-state index in [0.717, 1.165) is 22.0 Å². The smallest absolute Gasteiger partial charge is 0.338 e. The molecule has 28 heavy (non-hydrogen) atoms. The minimum atomic E-state index is -0.388. The van der Waals surface area contributed by atoms with Gasteiger partial charge in [-0.2, -0.15) is 0 Å². The van der Waals surface area contributed by atoms with Crippen LogP contribution in [0, 0.1) is 0 Å². The van der Waals surface area contributed by atoms with Crippen molar-refractivity contribution in [2.45, 2.75) is 13.0 Å². The van der Waals surface area contributed by atoms with Crippen molar-refractivity contribution in [2.24, 2.45) is 0 Å². The highest BCUT2D eigenvalue weighted by Crippen LogP contribution is 2.36. The zero-order valence-electron chi connectivity index (χ0n) is 15.9. The van der Waals surface area contributed by atoms with Gasteiger partial charge in [0.15, 0.2) is 5.11 Å². The average molecular weight is 419 g/mol. The van der Waals surface area contributed by atoms with Gasteiger partial charge in [-0.15, -0.1) is 11.3 Å². The molecule has 2 aromatic rings. The number of carbonyl (C=O) groups is 1. The molecular weight excluding hydrogens is 396 g/mol. The van der Waals surface area contributed by atoms with Crippen LogP contribution >= 0.6 is 23.6 Å². The van der Waals surface area contributed by atoms with Crippen LogP contribution in [0.25, 0.3) is 0 Å². The zero-order chi connectivity index (χ0) is 20.1. The van der Waals surface area contributed by atoms with Gasteiger partial charge in [0.2, 0.25) is 0 Å². The van der Waals surface area contributed by atoms with E-state index in [9.17, 15) is 4.79 Å². The van der Waals surface area contributed by atoms with Gasteiger partial charge in [-0.1, -0.05) is 6.07 Å². The van der Waals surface area contributed by atoms with Crippen molar-refractivity contribution in [3.8, 4) is 5.75 Å². The quantitative estimate of drug-likeness (QED) is 0.418. The van der Waals surface area contributed by atoms with Gasteiger partial charge in [0, 0.05) is 23.4 Å². The average Bonchev–Trinajstić information content (AvgIpc) is 3.23. The maximum absolute atomic E-state index is 12.9. The lowest BCUT2D eigenvalue weighted by molar-refractivity contribution is -0.140. The number of esters is 1. The molecular formula is C20H22N2O4S2. The van der Waals surface area contributed by atoms with Gasteiger partial charge in [-0.05, 0) is 54.9 Å². The molecule has 8 heteroatoms. The molecule has 1 aromatic heterocycles. The van der Waals surface area contributed by atoms with Crippen LogP contribution in [-0.4, -0.2) is 38.5 Å². The molecule has 1 aliphatic heterocycles. The third kappa shape index (κ3) is 4.19. The van der Waals surface area contributed by atoms with Gasteiger partial charge in [-0.25, -0.2) is 4.79 Å². The topological polar surface area (TPSA) is 60.0 Å². The molecule has 1 aromatic carbocycles. The molecule has 0 bridgehead atoms. The maximum Gasteiger partial charge on any atom is 0.338 e. The van der Waals surface area contributed by atoms with E-state index in [2.05, 4.69) is 5.32 Å². The van der Waals surface area contributed by atoms with E-state index in [1.165, 1.54) is 0 Å². The second-order valence-corrected chi connectivity index (χ2v) is 7.43. The second kappa shape index (κ2) is 9.18. The third-order valence-electron chi connectivity index (χ3n) is 4.38. The molecule has 3 rings (SSSR count). The summed E-state index contributed by atoms with van der Waals surface area (Å²) < 4.78 is 15.6. The number of thiocarbonyl (C=S) groups is 1. The number of methoxy groups -OCH3 is 2. The largest absolute Gasteiger partial charge is 0.497 e. The lowest BCUT2D eigenvalue weighted by Gasteiger charge is -2.37. The summed E-state index contributed by atoms with van der Waals surface area (Å²) >= 11 is 7.19. The van der Waals surface area contributed by atoms with Gasteiger partial charge in [0.1, 0.15) is 12.4 Å². The van der Waals surface area contributed by atoms with Crippen molar-refractivity contribution in [1.82, 2.24) is 5.32 Å². The van der Waals surface area contributed by atoms with E-state index >= 15 is 0 Å². The number of carbonyl (C=O) groups excluding carboxylic acids is 1. The fourth-order valence-corrected chi connectivity index (χ4v) is 4.16. The Bertz CT molecular complexity index is 863. The number of ether oxygens (including phenoxy) is 3. The maximum atomic E-state index is 12.9. The Morgan fingerprint density at radius 3 is 2.57 bits per heavy atom. The SMILES string of the molecule is COCCOC(=O)C1=C(C)N(c2ccc(OC)cc2)C(=S)N[C@@H]1c1cccs1. The Hall–Kier alpha value is -2.42. The molecule has 0 aliphatic carbocycles. The minimum absolute atomic E-state index is 0.191. The summed E-state index contributed by atoms with van der Waals surface area (Å²) in [7, 11) is 3.19. The van der Waals surface area contributed by atoms with Gasteiger partial charge >= 0.3 is 5.97 Å². The molecule has 1 aliphatic rings. The van der Waals surface area contributed by atoms with Crippen LogP contribution in [0.5, 0.6) is 5.75 Å². The second-order valence-electron chi connectivity index (χ2n) is 6.06. The molecule has 148 valence electrons. The van der Waals surface area contributed by atoms with Gasteiger partial charge in [-0.3, -0.25) is 4.90 Å². The predicted molar refractivity (Wildman–Crippen MR) is 114 cm³/mol. The molecule has 1 N–H and O–H groups in total. The summed E-state index contributed by atoms with van der Waals surface area (Å²) in [6, 6.07) is 11.1. The standard InChI is InChI=1S/C20H22N2O4S2/c1-13-17(19(23)26-11-10-24-2)18(16-5-4-12-28-16)21-20(27)22(13)14-6-8-15(25-3)9-7-14/h4-9,12,18H,10-11H2,1-3H3,(H,21,27)/t18-/m1/s1. The Balaban J connectivity index is 2.01. The van der Waals surface area contributed by atoms with E-state index < -0.39 is 0 Å². The summed E-state index contributed by atoms with van der Waals surface area (Å²) in [4.78, 5) is 15.7. The Kier molecular flexibility index (Phi) is 6.66. The molecule has 1 atom stereocenters. The van der Waals surface area contributed by atoms with Crippen LogP contribution in [0.15, 0.2) is 53.0 Å². The van der Waals surface area contributed by atoms with Crippen LogP contribution in [0.1, 0.15) is 17.8 Å². The molecule has 0 spiro atoms. The number of rotatable bonds is 7. The number of thiophene rings is 1. The van der Waals surface area contributed by atoms with E-state index in [-0.39, 0.29) is 18.6 Å². The summed E-state index contributed by atoms with van der Waals surface area (Å²) in [5.74, 6) is 0.360. The van der Waals surface area contributed by atoms with E-state index in [0.29, 0.717) is 17.3 Å². The lowest BCUT2D eigenvalue weighted by Crippen LogP contribution is -2.48. The monoisotopic (exact) mass is 418 g/mol. The lowest BCUT2D eigenvalue weighted by atomic mass is 10.0. The number of hydrogen-bond acceptors (Lipinski definition) is 6. The number of nitrogens with one attached hydrogen (secondary N) is 1. The Morgan fingerprint density at radius 2 is 1.96 bits per heavy atom. The first-order valence-corrected chi connectivity index (χ1v) is 10.0. The summed E-state index contributed by atoms with van der Waals surface area (Å²) in [5.41, 5.74) is 2.10. The first-order valence-electron chi connectivity index (χ1n) is 8.71. The molecule has 0 saturated carbocycles. The highest BCUT2D eigenvalue weighted by Gasteiger charge is 2.36. The number of nitrogens with zero attached hydrogens (tertiary/aromatic N) is 1. The van der Waals surface area contributed by atoms with Crippen molar-refractivity contribution >= 4 is 40.3 Å². The van der Waals surface area contributed by atoms with Gasteiger partial charge in [0.25, 0.3) is 0 Å². The van der Waals surface area contributed by atoms with Crippen molar-refractivity contribution < 1.29 is 19.0 Å². The highest BCUT2D eigenvalue weighted by molar-refractivity contribution is 7.80. The van der Waals surface area contributed by atoms with E-state index in [4.69, 9.17) is 26.4 Å². The number of hydrogen-bond donors (Lipinski definition) is 1. The minimum Gasteiger partial charge on any atom is -0.497 e. The van der Waals surface area contributed by atoms with Crippen LogP contribution in [0.3, 0.4) is 0 Å². The van der Waals surface area contributed by atoms with Crippen molar-refractivity contribution in [1.29, 1.82) is 0 Å². The fraction of sp³-hybridized carbons (Fsp3) is 0.300. The summed E-state index contributed by atoms with van der Waals surface area (Å²) in [6.45, 7) is 2.41. The molecule has 2 heterocycles. The molecule has 0 unspecified atom stereocenters. The van der Waals surface area contributed by atoms with Crippen molar-refractivity contribution in [2.75, 3.05) is 32.3 Å². The van der Waals surface area contributed by atoms with Crippen LogP contribution < -0.4 is 15.0 Å². The summed E-state index contributed by atoms with van der Waals surface area (Å²) in [5, 5.41) is 5.79. The van der Waals surface area contributed by atoms with Crippen LogP contribution in [-0.2, 0) is 14.3 Å². The van der Waals surface area contributed by atoms with Crippen molar-refractivity contribution in [3.05, 3.63) is 57.9 Å². The first kappa shape index (κ1) is 20.3. The van der Waals surface area contributed by atoms with Gasteiger partial charge in [0.05, 0.1) is 25.3 Å². The predicted octanol–water partition coefficient (Wildman–Crippen LogP) is 3.66. The van der Waals surface area contributed by atoms with E-state index in [1.54, 1.807) is 25.6 Å². The molecule has 6 nitrogen and oxygen atoms in total. The molecule has 0 fully saturated rings. The molecule has 0 amide bonds.